The largest absolute Gasteiger partial charge is 0.506 e. The molecule has 0 aliphatic heterocycles. The molecule has 0 saturated carbocycles. The maximum atomic E-state index is 9.18. The highest BCUT2D eigenvalue weighted by atomic mass is 16.3. The van der Waals surface area contributed by atoms with Crippen LogP contribution in [0.5, 0.6) is 5.75 Å². The van der Waals surface area contributed by atoms with Crippen LogP contribution < -0.4 is 11.5 Å². The van der Waals surface area contributed by atoms with Crippen LogP contribution in [0.2, 0.25) is 0 Å². The van der Waals surface area contributed by atoms with E-state index in [2.05, 4.69) is 11.8 Å². The number of anilines is 1. The predicted molar refractivity (Wildman–Crippen MR) is 48.5 cm³/mol. The summed E-state index contributed by atoms with van der Waals surface area (Å²) in [6.45, 7) is 0.311. The molecule has 0 amide bonds. The average Bonchev–Trinajstić information content (AvgIpc) is 2.07. The van der Waals surface area contributed by atoms with Crippen molar-refractivity contribution < 1.29 is 5.11 Å². The van der Waals surface area contributed by atoms with Gasteiger partial charge in [-0.15, -0.1) is 0 Å². The zero-order valence-corrected chi connectivity index (χ0v) is 6.54. The molecule has 3 heteroatoms. The fourth-order valence-corrected chi connectivity index (χ4v) is 0.775. The Morgan fingerprint density at radius 3 is 2.75 bits per heavy atom. The number of phenolic OH excluding ortho intramolecular Hbond substituents is 1. The first kappa shape index (κ1) is 8.44. The van der Waals surface area contributed by atoms with Crippen molar-refractivity contribution in [3.8, 4) is 17.6 Å². The van der Waals surface area contributed by atoms with Gasteiger partial charge in [0, 0.05) is 5.56 Å². The van der Waals surface area contributed by atoms with Crippen molar-refractivity contribution in [2.75, 3.05) is 12.3 Å². The lowest BCUT2D eigenvalue weighted by Gasteiger charge is -1.97. The van der Waals surface area contributed by atoms with Gasteiger partial charge in [0.25, 0.3) is 0 Å². The average molecular weight is 162 g/mol. The van der Waals surface area contributed by atoms with E-state index in [4.69, 9.17) is 11.5 Å². The summed E-state index contributed by atoms with van der Waals surface area (Å²) in [6, 6.07) is 4.85. The summed E-state index contributed by atoms with van der Waals surface area (Å²) in [7, 11) is 0. The Bertz CT molecular complexity index is 336. The first-order chi connectivity index (χ1) is 5.74. The van der Waals surface area contributed by atoms with Crippen LogP contribution in [0.25, 0.3) is 0 Å². The molecule has 5 N–H and O–H groups in total. The lowest BCUT2D eigenvalue weighted by atomic mass is 10.2. The molecule has 0 spiro atoms. The Balaban J connectivity index is 2.97. The summed E-state index contributed by atoms with van der Waals surface area (Å²) >= 11 is 0. The second-order valence-electron chi connectivity index (χ2n) is 2.28. The second kappa shape index (κ2) is 3.65. The molecule has 0 aromatic heterocycles. The van der Waals surface area contributed by atoms with Crippen molar-refractivity contribution in [2.45, 2.75) is 0 Å². The fourth-order valence-electron chi connectivity index (χ4n) is 0.775. The molecule has 1 aromatic rings. The van der Waals surface area contributed by atoms with Gasteiger partial charge < -0.3 is 16.6 Å². The van der Waals surface area contributed by atoms with E-state index in [0.29, 0.717) is 17.8 Å². The molecule has 62 valence electrons. The number of rotatable bonds is 0. The smallest absolute Gasteiger partial charge is 0.139 e. The number of aromatic hydroxyl groups is 1. The molecule has 0 fully saturated rings. The van der Waals surface area contributed by atoms with E-state index in [9.17, 15) is 5.11 Å². The van der Waals surface area contributed by atoms with Gasteiger partial charge in [-0.3, -0.25) is 0 Å². The molecule has 12 heavy (non-hydrogen) atoms. The van der Waals surface area contributed by atoms with Crippen molar-refractivity contribution in [2.24, 2.45) is 5.73 Å². The van der Waals surface area contributed by atoms with Gasteiger partial charge in [-0.1, -0.05) is 11.8 Å². The Labute approximate surface area is 71.0 Å². The molecule has 0 unspecified atom stereocenters. The van der Waals surface area contributed by atoms with Crippen LogP contribution in [0, 0.1) is 11.8 Å². The lowest BCUT2D eigenvalue weighted by molar-refractivity contribution is 0.478. The van der Waals surface area contributed by atoms with Crippen molar-refractivity contribution >= 4 is 5.69 Å². The summed E-state index contributed by atoms with van der Waals surface area (Å²) in [5.74, 6) is 5.51. The zero-order valence-electron chi connectivity index (χ0n) is 6.54. The van der Waals surface area contributed by atoms with E-state index in [1.54, 1.807) is 12.1 Å². The molecular formula is C9H10N2O. The van der Waals surface area contributed by atoms with Crippen LogP contribution in [0.1, 0.15) is 5.56 Å². The zero-order chi connectivity index (χ0) is 8.97. The number of hydrogen-bond acceptors (Lipinski definition) is 3. The first-order valence-electron chi connectivity index (χ1n) is 3.51. The van der Waals surface area contributed by atoms with E-state index in [-0.39, 0.29) is 5.75 Å². The maximum Gasteiger partial charge on any atom is 0.139 e. The minimum Gasteiger partial charge on any atom is -0.506 e. The van der Waals surface area contributed by atoms with Gasteiger partial charge in [0.2, 0.25) is 0 Å². The molecule has 1 rings (SSSR count). The maximum absolute atomic E-state index is 9.18. The van der Waals surface area contributed by atoms with Crippen LogP contribution >= 0.6 is 0 Å². The first-order valence-corrected chi connectivity index (χ1v) is 3.51. The van der Waals surface area contributed by atoms with Crippen molar-refractivity contribution in [1.82, 2.24) is 0 Å². The number of benzene rings is 1. The van der Waals surface area contributed by atoms with Crippen molar-refractivity contribution in [3.63, 3.8) is 0 Å². The standard InChI is InChI=1S/C9H10N2O/c10-5-1-2-7-3-4-8(11)9(12)6-7/h3-4,6,12H,5,10-11H2. The minimum absolute atomic E-state index is 0.0545. The molecule has 0 aliphatic rings. The quantitative estimate of drug-likeness (QED) is 0.291. The van der Waals surface area contributed by atoms with Crippen LogP contribution in [0.3, 0.4) is 0 Å². The third-order valence-electron chi connectivity index (χ3n) is 1.37. The molecule has 0 bridgehead atoms. The summed E-state index contributed by atoms with van der Waals surface area (Å²) in [6.07, 6.45) is 0. The Morgan fingerprint density at radius 1 is 1.42 bits per heavy atom. The van der Waals surface area contributed by atoms with Gasteiger partial charge in [-0.2, -0.15) is 0 Å². The van der Waals surface area contributed by atoms with E-state index < -0.39 is 0 Å². The number of nitrogens with two attached hydrogens (primary N) is 2. The second-order valence-corrected chi connectivity index (χ2v) is 2.28. The van der Waals surface area contributed by atoms with Gasteiger partial charge in [-0.25, -0.2) is 0 Å². The molecule has 0 saturated heterocycles. The fraction of sp³-hybridized carbons (Fsp3) is 0.111. The lowest BCUT2D eigenvalue weighted by Crippen LogP contribution is -1.93. The van der Waals surface area contributed by atoms with E-state index in [0.717, 1.165) is 0 Å². The number of phenols is 1. The summed E-state index contributed by atoms with van der Waals surface area (Å²) < 4.78 is 0. The van der Waals surface area contributed by atoms with E-state index in [1.165, 1.54) is 6.07 Å². The Kier molecular flexibility index (Phi) is 2.57. The third kappa shape index (κ3) is 1.91. The molecule has 3 nitrogen and oxygen atoms in total. The minimum atomic E-state index is 0.0545. The van der Waals surface area contributed by atoms with Crippen molar-refractivity contribution in [1.29, 1.82) is 0 Å². The monoisotopic (exact) mass is 162 g/mol. The highest BCUT2D eigenvalue weighted by Gasteiger charge is 1.95. The van der Waals surface area contributed by atoms with Gasteiger partial charge >= 0.3 is 0 Å². The normalized spacial score (nSPS) is 8.75. The third-order valence-corrected chi connectivity index (χ3v) is 1.37. The Hall–Kier alpha value is -1.66. The highest BCUT2D eigenvalue weighted by Crippen LogP contribution is 2.19. The topological polar surface area (TPSA) is 72.3 Å². The summed E-state index contributed by atoms with van der Waals surface area (Å²) in [4.78, 5) is 0. The molecule has 0 radical (unpaired) electrons. The molecule has 0 atom stereocenters. The van der Waals surface area contributed by atoms with Gasteiger partial charge in [0.1, 0.15) is 5.75 Å². The predicted octanol–water partition coefficient (Wildman–Crippen LogP) is 0.285. The Morgan fingerprint density at radius 2 is 2.17 bits per heavy atom. The van der Waals surface area contributed by atoms with Crippen LogP contribution in [-0.2, 0) is 0 Å². The van der Waals surface area contributed by atoms with E-state index >= 15 is 0 Å². The number of hydrogen-bond donors (Lipinski definition) is 3. The van der Waals surface area contributed by atoms with Gasteiger partial charge in [0.15, 0.2) is 0 Å². The summed E-state index contributed by atoms with van der Waals surface area (Å²) in [5, 5.41) is 9.18. The summed E-state index contributed by atoms with van der Waals surface area (Å²) in [5.41, 5.74) is 11.6. The SMILES string of the molecule is NCC#Cc1ccc(N)c(O)c1. The van der Waals surface area contributed by atoms with Gasteiger partial charge in [0.05, 0.1) is 12.2 Å². The van der Waals surface area contributed by atoms with Crippen LogP contribution in [0.15, 0.2) is 18.2 Å². The molecule has 0 aliphatic carbocycles. The van der Waals surface area contributed by atoms with E-state index in [1.807, 2.05) is 0 Å². The van der Waals surface area contributed by atoms with Gasteiger partial charge in [-0.05, 0) is 18.2 Å². The highest BCUT2D eigenvalue weighted by molar-refractivity contribution is 5.55. The molecule has 1 aromatic carbocycles. The van der Waals surface area contributed by atoms with Crippen LogP contribution in [-0.4, -0.2) is 11.7 Å². The molecule has 0 heterocycles. The number of nitrogen functional groups attached to an aromatic ring is 1. The molecular weight excluding hydrogens is 152 g/mol. The van der Waals surface area contributed by atoms with Crippen LogP contribution in [0.4, 0.5) is 5.69 Å². The van der Waals surface area contributed by atoms with Crippen molar-refractivity contribution in [3.05, 3.63) is 23.8 Å².